The molecular formula is C63H95N18O32P5S3. The van der Waals surface area contributed by atoms with E-state index in [2.05, 4.69) is 53.9 Å². The second kappa shape index (κ2) is 38.3. The van der Waals surface area contributed by atoms with E-state index in [1.807, 2.05) is 27.7 Å². The molecule has 8 aliphatic rings. The zero-order valence-corrected chi connectivity index (χ0v) is 73.9. The molecule has 0 spiro atoms. The number of imidazole rings is 2. The van der Waals surface area contributed by atoms with E-state index in [9.17, 15) is 57.6 Å². The number of fused-ring (bicyclic) bond motifs is 8. The molecule has 0 radical (unpaired) electrons. The molecule has 672 valence electrons. The van der Waals surface area contributed by atoms with Crippen LogP contribution in [0.2, 0.25) is 0 Å². The van der Waals surface area contributed by atoms with Gasteiger partial charge in [0.05, 0.1) is 44.7 Å². The third-order valence-electron chi connectivity index (χ3n) is 21.1. The van der Waals surface area contributed by atoms with Crippen LogP contribution in [0.5, 0.6) is 0 Å². The van der Waals surface area contributed by atoms with E-state index in [0.717, 1.165) is 18.8 Å². The predicted molar refractivity (Wildman–Crippen MR) is 431 cm³/mol. The molecule has 0 aliphatic carbocycles. The molecule has 8 saturated heterocycles. The minimum absolute atomic E-state index is 0.0310. The topological polar surface area (TPSA) is 656 Å². The lowest BCUT2D eigenvalue weighted by atomic mass is 9.96. The van der Waals surface area contributed by atoms with Gasteiger partial charge in [0.1, 0.15) is 101 Å². The van der Waals surface area contributed by atoms with E-state index >= 15 is 0 Å². The first kappa shape index (κ1) is 95.6. The van der Waals surface area contributed by atoms with Gasteiger partial charge < -0.3 is 108 Å². The van der Waals surface area contributed by atoms with Crippen molar-refractivity contribution in [2.45, 2.75) is 195 Å². The summed E-state index contributed by atoms with van der Waals surface area (Å²) < 4.78 is 139. The number of phosphoric acid groups is 2. The average molecular weight is 1870 g/mol. The lowest BCUT2D eigenvalue weighted by Gasteiger charge is -2.31. The summed E-state index contributed by atoms with van der Waals surface area (Å²) in [6, 6.07) is 2.61. The van der Waals surface area contributed by atoms with E-state index in [4.69, 9.17) is 142 Å². The SMILES string of the molecule is CC[C@H]1O[C@@H](n2ccc(=O)[nH]c2=O)[C@@H](OC)C1OP(=O)(O)OC.CC[C@H]1O[C@@H](n2ccc(N)nc2=O)[C@@H](OC)C1OP(=O)(O)OC.CC[C@]12CO[C@@H](C1OP(O)(=S)OC)[C@H](n1cc(C)c(N)nc1=O)O2.CC[C@]12CO[C@@H](C1OP(O)(=S)OC)[C@H](n1cnc3c(=O)[nH]c(N)nc31)O2.CC[C@]12CO[C@@H](C1OP(O)(=S)OC)[C@H](n1cnc3c(N)ncnc31)O2. The maximum Gasteiger partial charge on any atom is 0.472 e. The van der Waals surface area contributed by atoms with E-state index in [1.165, 1.54) is 81.9 Å². The number of nitrogens with one attached hydrogen (secondary N) is 2. The molecule has 6 bridgehead atoms. The van der Waals surface area contributed by atoms with Crippen molar-refractivity contribution in [2.75, 3.05) is 92.5 Å². The fraction of sp³-hybridized carbons (Fsp3) is 0.651. The second-order valence-electron chi connectivity index (χ2n) is 27.8. The number of nitrogen functional groups attached to an aromatic ring is 4. The molecule has 15 heterocycles. The molecule has 15 rings (SSSR count). The number of hydrogen-bond donors (Lipinski definition) is 11. The highest BCUT2D eigenvalue weighted by molar-refractivity contribution is 8.07. The Morgan fingerprint density at radius 2 is 0.934 bits per heavy atom. The minimum Gasteiger partial charge on any atom is -0.383 e. The number of nitrogens with two attached hydrogens (primary N) is 4. The third kappa shape index (κ3) is 19.9. The molecule has 10 unspecified atom stereocenters. The van der Waals surface area contributed by atoms with Gasteiger partial charge >= 0.3 is 52.9 Å². The highest BCUT2D eigenvalue weighted by Gasteiger charge is 2.66. The predicted octanol–water partition coefficient (Wildman–Crippen LogP) is 1.49. The Bertz CT molecular complexity index is 5450. The summed E-state index contributed by atoms with van der Waals surface area (Å²) in [5.41, 5.74) is 19.5. The van der Waals surface area contributed by atoms with Gasteiger partial charge in [0.2, 0.25) is 5.95 Å². The summed E-state index contributed by atoms with van der Waals surface area (Å²) in [7, 11) is 0.238. The normalized spacial score (nSPS) is 32.4. The molecule has 8 aliphatic heterocycles. The van der Waals surface area contributed by atoms with Crippen molar-refractivity contribution in [2.24, 2.45) is 0 Å². The fourth-order valence-corrected chi connectivity index (χ4v) is 18.9. The van der Waals surface area contributed by atoms with Crippen LogP contribution in [0.4, 0.5) is 23.4 Å². The molecule has 15 N–H and O–H groups in total. The minimum atomic E-state index is -4.27. The number of H-pyrrole nitrogens is 2. The van der Waals surface area contributed by atoms with Crippen molar-refractivity contribution < 1.29 is 126 Å². The van der Waals surface area contributed by atoms with Crippen LogP contribution >= 0.6 is 35.8 Å². The Kier molecular flexibility index (Phi) is 30.2. The van der Waals surface area contributed by atoms with Crippen LogP contribution in [-0.4, -0.2) is 252 Å². The summed E-state index contributed by atoms with van der Waals surface area (Å²) in [4.78, 5) is 141. The molecule has 121 heavy (non-hydrogen) atoms. The van der Waals surface area contributed by atoms with Crippen molar-refractivity contribution in [1.82, 2.24) is 67.7 Å². The van der Waals surface area contributed by atoms with E-state index < -0.39 is 185 Å². The van der Waals surface area contributed by atoms with Crippen molar-refractivity contribution in [3.05, 3.63) is 107 Å². The Balaban J connectivity index is 0.000000148. The van der Waals surface area contributed by atoms with Gasteiger partial charge in [-0.3, -0.25) is 74.1 Å². The Labute approximate surface area is 702 Å². The number of aryl methyl sites for hydroxylation is 1. The number of phosphoric ester groups is 2. The number of hydrogen-bond acceptors (Lipinski definition) is 41. The maximum absolute atomic E-state index is 12.2. The number of rotatable bonds is 27. The van der Waals surface area contributed by atoms with Gasteiger partial charge in [-0.1, -0.05) is 34.6 Å². The molecule has 0 aromatic carbocycles. The second-order valence-corrected chi connectivity index (χ2v) is 39.6. The first-order valence-corrected chi connectivity index (χ1v) is 47.6. The summed E-state index contributed by atoms with van der Waals surface area (Å²) in [5, 5.41) is 0. The van der Waals surface area contributed by atoms with Crippen molar-refractivity contribution >= 4 is 117 Å². The molecule has 7 aromatic heterocycles. The number of methoxy groups -OCH3 is 2. The number of aromatic amines is 2. The van der Waals surface area contributed by atoms with Gasteiger partial charge in [-0.15, -0.1) is 0 Å². The van der Waals surface area contributed by atoms with Gasteiger partial charge in [-0.05, 0) is 80.5 Å². The van der Waals surface area contributed by atoms with Crippen LogP contribution in [0.3, 0.4) is 0 Å². The average Bonchev–Trinajstić information content (AvgIpc) is 1.57. The van der Waals surface area contributed by atoms with Gasteiger partial charge in [0.15, 0.2) is 53.8 Å². The summed E-state index contributed by atoms with van der Waals surface area (Å²) in [6.45, 7) is 1.86. The molecule has 8 fully saturated rings. The van der Waals surface area contributed by atoms with Crippen molar-refractivity contribution in [3.8, 4) is 0 Å². The molecular weight excluding hydrogens is 1770 g/mol. The Morgan fingerprint density at radius 3 is 1.36 bits per heavy atom. The standard InChI is InChI=1S/C13H18N5O6PS.C13H18N5O5PS.C13H20N3O6PS.C12H20N3O7P.C12H19N2O8P/c1-3-13-4-22-7(8(13)24-25(20,26)21-2)11(23-13)18-5-15-6-9(18)16-12(14)17-10(6)19;1-3-13-4-21-8(9(13)23-24(19,25)20-2)12(22-13)18-6-17-7-10(14)15-5-16-11(7)18;1-4-13-6-20-8(9(13)22-23(18,24)19-3)11(21-13)16-5-7(2)10(14)15-12(16)17;1-4-7-9(22-23(17,18)20-3)10(19-2)11(21-7)15-6-5-8(13)14-12(15)16;1-4-7-9(22-23(17,18)20-3)10(19-2)11(21-7)14-6-5-8(15)13-12(14)16/h5,7-8,11H,3-4H2,1-2H3,(H,20,26)(H3,14,16,17,19);5-6,8-9,12H,3-4H2,1-2H3,(H,19,25)(H2,14,15,16);5,8-9,11H,4,6H2,1-3H3,(H,18,24)(H2,14,15,17);5-7,9-11H,4H2,1-3H3,(H,17,18)(H2,13,14,16);5-7,9-11H,4H2,1-3H3,(H,17,18)(H,13,15,16)/t7-,8?,11+,13-,25?;8-,9?,12+,13-,24?;8-,9?,11+,13-,23?;2*7-,9?,10+,11-/m00011/s1. The largest absolute Gasteiger partial charge is 0.472 e. The smallest absolute Gasteiger partial charge is 0.383 e. The van der Waals surface area contributed by atoms with Crippen LogP contribution in [0.15, 0.2) is 73.7 Å². The Morgan fingerprint density at radius 1 is 0.504 bits per heavy atom. The first-order valence-electron chi connectivity index (χ1n) is 36.8. The zero-order chi connectivity index (χ0) is 88.6. The molecule has 7 aromatic rings. The maximum atomic E-state index is 12.2. The summed E-state index contributed by atoms with van der Waals surface area (Å²) in [6.07, 6.45) is -0.593. The van der Waals surface area contributed by atoms with Crippen LogP contribution in [0, 0.1) is 6.92 Å². The molecule has 0 saturated carbocycles. The highest BCUT2D eigenvalue weighted by atomic mass is 32.5. The van der Waals surface area contributed by atoms with Crippen molar-refractivity contribution in [3.63, 3.8) is 0 Å². The van der Waals surface area contributed by atoms with Gasteiger partial charge in [-0.2, -0.15) is 15.0 Å². The van der Waals surface area contributed by atoms with Crippen LogP contribution in [0.1, 0.15) is 103 Å². The number of aromatic nitrogens is 14. The number of ether oxygens (including phenoxy) is 10. The van der Waals surface area contributed by atoms with Crippen LogP contribution in [0.25, 0.3) is 22.3 Å². The van der Waals surface area contributed by atoms with Gasteiger partial charge in [0.25, 0.3) is 11.1 Å². The van der Waals surface area contributed by atoms with E-state index in [1.54, 1.807) is 35.5 Å². The summed E-state index contributed by atoms with van der Waals surface area (Å²) >= 11 is 14.9. The molecule has 25 atom stereocenters. The van der Waals surface area contributed by atoms with E-state index in [0.29, 0.717) is 55.4 Å². The van der Waals surface area contributed by atoms with Crippen LogP contribution in [-0.2, 0) is 137 Å². The zero-order valence-electron chi connectivity index (χ0n) is 67.0. The van der Waals surface area contributed by atoms with Gasteiger partial charge in [-0.25, -0.2) is 43.4 Å². The summed E-state index contributed by atoms with van der Waals surface area (Å²) in [5.74, 6) is 0.508. The van der Waals surface area contributed by atoms with Gasteiger partial charge in [0, 0.05) is 80.0 Å². The molecule has 58 heteroatoms. The highest BCUT2D eigenvalue weighted by Crippen LogP contribution is 2.59. The quantitative estimate of drug-likeness (QED) is 0.0325. The number of nitrogens with zero attached hydrogens (tertiary/aromatic N) is 12. The monoisotopic (exact) mass is 1870 g/mol. The molecule has 50 nitrogen and oxygen atoms in total. The first-order chi connectivity index (χ1) is 57.1. The third-order valence-corrected chi connectivity index (χ3v) is 28.0. The fourth-order valence-electron chi connectivity index (χ4n) is 14.7. The lowest BCUT2D eigenvalue weighted by Crippen LogP contribution is -2.41. The van der Waals surface area contributed by atoms with E-state index in [-0.39, 0.29) is 47.8 Å². The van der Waals surface area contributed by atoms with Crippen LogP contribution < -0.4 is 51.1 Å². The molecule has 0 amide bonds. The number of anilines is 4. The lowest BCUT2D eigenvalue weighted by molar-refractivity contribution is -0.175. The van der Waals surface area contributed by atoms with Crippen molar-refractivity contribution in [1.29, 1.82) is 0 Å². The Hall–Kier alpha value is -6.05.